The number of rotatable bonds is 4. The third-order valence-electron chi connectivity index (χ3n) is 3.29. The maximum absolute atomic E-state index is 9.99. The molecule has 90 valence electrons. The van der Waals surface area contributed by atoms with E-state index in [9.17, 15) is 5.11 Å². The van der Waals surface area contributed by atoms with Gasteiger partial charge in [0.15, 0.2) is 0 Å². The molecule has 1 aromatic heterocycles. The van der Waals surface area contributed by atoms with Crippen LogP contribution in [-0.4, -0.2) is 23.4 Å². The molecule has 1 atom stereocenters. The summed E-state index contributed by atoms with van der Waals surface area (Å²) in [5, 5.41) is 9.99. The SMILES string of the molecule is COCCCn1cc2c(c1)C(O)CCCC2. The Bertz CT molecular complexity index is 333. The molecule has 0 bridgehead atoms. The number of aliphatic hydroxyl groups excluding tert-OH is 1. The number of hydrogen-bond acceptors (Lipinski definition) is 2. The number of aryl methyl sites for hydroxylation is 2. The van der Waals surface area contributed by atoms with E-state index in [-0.39, 0.29) is 6.10 Å². The van der Waals surface area contributed by atoms with Gasteiger partial charge in [-0.1, -0.05) is 6.42 Å². The largest absolute Gasteiger partial charge is 0.388 e. The Morgan fingerprint density at radius 2 is 2.31 bits per heavy atom. The van der Waals surface area contributed by atoms with Crippen LogP contribution >= 0.6 is 0 Å². The van der Waals surface area contributed by atoms with Gasteiger partial charge in [0.25, 0.3) is 0 Å². The molecule has 1 aliphatic carbocycles. The molecule has 1 unspecified atom stereocenters. The molecular formula is C13H21NO2. The summed E-state index contributed by atoms with van der Waals surface area (Å²) >= 11 is 0. The van der Waals surface area contributed by atoms with Crippen molar-refractivity contribution >= 4 is 0 Å². The number of aromatic nitrogens is 1. The molecule has 0 fully saturated rings. The average Bonchev–Trinajstić information content (AvgIpc) is 2.61. The monoisotopic (exact) mass is 223 g/mol. The molecule has 0 saturated carbocycles. The predicted octanol–water partition coefficient (Wildman–Crippen LogP) is 2.28. The first-order valence-electron chi connectivity index (χ1n) is 6.17. The van der Waals surface area contributed by atoms with Crippen molar-refractivity contribution in [1.29, 1.82) is 0 Å². The summed E-state index contributed by atoms with van der Waals surface area (Å²) in [7, 11) is 1.73. The van der Waals surface area contributed by atoms with Crippen LogP contribution in [0.4, 0.5) is 0 Å². The zero-order valence-corrected chi connectivity index (χ0v) is 9.98. The number of nitrogens with zero attached hydrogens (tertiary/aromatic N) is 1. The second-order valence-corrected chi connectivity index (χ2v) is 4.58. The van der Waals surface area contributed by atoms with Crippen LogP contribution in [0.2, 0.25) is 0 Å². The molecule has 0 saturated heterocycles. The van der Waals surface area contributed by atoms with E-state index in [0.29, 0.717) is 0 Å². The van der Waals surface area contributed by atoms with E-state index in [1.165, 1.54) is 12.0 Å². The van der Waals surface area contributed by atoms with Gasteiger partial charge in [-0.05, 0) is 31.2 Å². The fraction of sp³-hybridized carbons (Fsp3) is 0.692. The average molecular weight is 223 g/mol. The first-order chi connectivity index (χ1) is 7.81. The molecule has 1 aliphatic rings. The lowest BCUT2D eigenvalue weighted by molar-refractivity contribution is 0.166. The highest BCUT2D eigenvalue weighted by atomic mass is 16.5. The first-order valence-corrected chi connectivity index (χ1v) is 6.17. The molecule has 2 rings (SSSR count). The van der Waals surface area contributed by atoms with Crippen molar-refractivity contribution in [3.05, 3.63) is 23.5 Å². The minimum absolute atomic E-state index is 0.249. The highest BCUT2D eigenvalue weighted by molar-refractivity contribution is 5.27. The third-order valence-corrected chi connectivity index (χ3v) is 3.29. The number of ether oxygens (including phenoxy) is 1. The molecule has 0 radical (unpaired) electrons. The van der Waals surface area contributed by atoms with Gasteiger partial charge in [0.1, 0.15) is 0 Å². The van der Waals surface area contributed by atoms with Crippen LogP contribution in [0.15, 0.2) is 12.4 Å². The van der Waals surface area contributed by atoms with Gasteiger partial charge in [-0.3, -0.25) is 0 Å². The zero-order chi connectivity index (χ0) is 11.4. The standard InChI is InChI=1S/C13H21NO2/c1-16-8-4-7-14-9-11-5-2-3-6-13(15)12(11)10-14/h9-10,13,15H,2-8H2,1H3. The van der Waals surface area contributed by atoms with Crippen LogP contribution in [0.1, 0.15) is 42.9 Å². The summed E-state index contributed by atoms with van der Waals surface area (Å²) in [5.74, 6) is 0. The highest BCUT2D eigenvalue weighted by Crippen LogP contribution is 2.29. The summed E-state index contributed by atoms with van der Waals surface area (Å²) in [6.07, 6.45) is 9.45. The van der Waals surface area contributed by atoms with Crippen LogP contribution in [0.25, 0.3) is 0 Å². The fourth-order valence-corrected chi connectivity index (χ4v) is 2.41. The summed E-state index contributed by atoms with van der Waals surface area (Å²) < 4.78 is 7.24. The molecule has 0 aromatic carbocycles. The van der Waals surface area contributed by atoms with Gasteiger partial charge in [0, 0.05) is 38.2 Å². The van der Waals surface area contributed by atoms with Crippen molar-refractivity contribution in [3.8, 4) is 0 Å². The number of hydrogen-bond donors (Lipinski definition) is 1. The van der Waals surface area contributed by atoms with Gasteiger partial charge >= 0.3 is 0 Å². The number of fused-ring (bicyclic) bond motifs is 1. The number of methoxy groups -OCH3 is 1. The second-order valence-electron chi connectivity index (χ2n) is 4.58. The topological polar surface area (TPSA) is 34.4 Å². The molecule has 1 N–H and O–H groups in total. The Kier molecular flexibility index (Phi) is 4.02. The molecule has 1 heterocycles. The van der Waals surface area contributed by atoms with E-state index in [0.717, 1.165) is 44.4 Å². The Balaban J connectivity index is 2.04. The predicted molar refractivity (Wildman–Crippen MR) is 63.4 cm³/mol. The van der Waals surface area contributed by atoms with E-state index in [1.54, 1.807) is 7.11 Å². The molecule has 0 aliphatic heterocycles. The highest BCUT2D eigenvalue weighted by Gasteiger charge is 2.17. The van der Waals surface area contributed by atoms with Gasteiger partial charge in [0.05, 0.1) is 6.10 Å². The van der Waals surface area contributed by atoms with Crippen molar-refractivity contribution in [2.45, 2.75) is 44.8 Å². The lowest BCUT2D eigenvalue weighted by atomic mass is 10.1. The van der Waals surface area contributed by atoms with Gasteiger partial charge in [-0.25, -0.2) is 0 Å². The van der Waals surface area contributed by atoms with E-state index < -0.39 is 0 Å². The van der Waals surface area contributed by atoms with Crippen LogP contribution in [-0.2, 0) is 17.7 Å². The maximum Gasteiger partial charge on any atom is 0.0807 e. The number of aliphatic hydroxyl groups is 1. The summed E-state index contributed by atoms with van der Waals surface area (Å²) in [4.78, 5) is 0. The summed E-state index contributed by atoms with van der Waals surface area (Å²) in [5.41, 5.74) is 2.48. The lowest BCUT2D eigenvalue weighted by Gasteiger charge is -2.06. The summed E-state index contributed by atoms with van der Waals surface area (Å²) in [6.45, 7) is 1.78. The van der Waals surface area contributed by atoms with Crippen LogP contribution in [0, 0.1) is 0 Å². The van der Waals surface area contributed by atoms with E-state index >= 15 is 0 Å². The Labute approximate surface area is 97.0 Å². The van der Waals surface area contributed by atoms with E-state index in [1.807, 2.05) is 0 Å². The Morgan fingerprint density at radius 3 is 3.12 bits per heavy atom. The first kappa shape index (κ1) is 11.7. The van der Waals surface area contributed by atoms with Crippen molar-refractivity contribution in [1.82, 2.24) is 4.57 Å². The molecular weight excluding hydrogens is 202 g/mol. The normalized spacial score (nSPS) is 20.5. The van der Waals surface area contributed by atoms with E-state index in [2.05, 4.69) is 17.0 Å². The molecule has 0 amide bonds. The summed E-state index contributed by atoms with van der Waals surface area (Å²) in [6, 6.07) is 0. The lowest BCUT2D eigenvalue weighted by Crippen LogP contribution is -1.99. The smallest absolute Gasteiger partial charge is 0.0807 e. The van der Waals surface area contributed by atoms with Gasteiger partial charge in [0.2, 0.25) is 0 Å². The van der Waals surface area contributed by atoms with Crippen molar-refractivity contribution in [2.75, 3.05) is 13.7 Å². The van der Waals surface area contributed by atoms with Crippen LogP contribution in [0.5, 0.6) is 0 Å². The van der Waals surface area contributed by atoms with Crippen LogP contribution in [0.3, 0.4) is 0 Å². The van der Waals surface area contributed by atoms with Crippen molar-refractivity contribution in [3.63, 3.8) is 0 Å². The van der Waals surface area contributed by atoms with Crippen molar-refractivity contribution < 1.29 is 9.84 Å². The molecule has 3 nitrogen and oxygen atoms in total. The molecule has 16 heavy (non-hydrogen) atoms. The second kappa shape index (κ2) is 5.51. The van der Waals surface area contributed by atoms with Crippen LogP contribution < -0.4 is 0 Å². The maximum atomic E-state index is 9.99. The van der Waals surface area contributed by atoms with E-state index in [4.69, 9.17) is 4.74 Å². The third kappa shape index (κ3) is 2.66. The Morgan fingerprint density at radius 1 is 1.44 bits per heavy atom. The molecule has 0 spiro atoms. The fourth-order valence-electron chi connectivity index (χ4n) is 2.41. The minimum Gasteiger partial charge on any atom is -0.388 e. The zero-order valence-electron chi connectivity index (χ0n) is 9.98. The van der Waals surface area contributed by atoms with Gasteiger partial charge < -0.3 is 14.4 Å². The molecule has 3 heteroatoms. The quantitative estimate of drug-likeness (QED) is 0.627. The van der Waals surface area contributed by atoms with Crippen molar-refractivity contribution in [2.24, 2.45) is 0 Å². The Hall–Kier alpha value is -0.800. The van der Waals surface area contributed by atoms with Gasteiger partial charge in [-0.2, -0.15) is 0 Å². The van der Waals surface area contributed by atoms with Gasteiger partial charge in [-0.15, -0.1) is 0 Å². The molecule has 1 aromatic rings. The minimum atomic E-state index is -0.249.